The van der Waals surface area contributed by atoms with Crippen LogP contribution < -0.4 is 35.2 Å². The monoisotopic (exact) mass is 2050 g/mol. The quantitative estimate of drug-likeness (QED) is 0.0376. The molecule has 0 aliphatic carbocycles. The molecule has 25 nitrogen and oxygen atoms in total. The Morgan fingerprint density at radius 3 is 1.02 bits per heavy atom. The molecule has 7 heterocycles. The number of carboxylic acids is 2. The summed E-state index contributed by atoms with van der Waals surface area (Å²) >= 11 is 10.6. The van der Waals surface area contributed by atoms with E-state index in [0.29, 0.717) is 70.7 Å². The smallest absolute Gasteiger partial charge is 0.449 e. The van der Waals surface area contributed by atoms with E-state index in [2.05, 4.69) is 40.6 Å². The summed E-state index contributed by atoms with van der Waals surface area (Å²) in [6, 6.07) is 9.76. The van der Waals surface area contributed by atoms with Crippen LogP contribution in [-0.4, -0.2) is 229 Å². The lowest BCUT2D eigenvalue weighted by atomic mass is 10.1. The van der Waals surface area contributed by atoms with Gasteiger partial charge in [0.15, 0.2) is 70.8 Å². The van der Waals surface area contributed by atoms with Crippen LogP contribution >= 0.6 is 23.2 Å². The summed E-state index contributed by atoms with van der Waals surface area (Å²) in [5.74, 6) is -13.3. The van der Waals surface area contributed by atoms with Crippen molar-refractivity contribution in [3.8, 4) is 11.5 Å². The minimum absolute atomic E-state index is 0. The van der Waals surface area contributed by atoms with Gasteiger partial charge in [0.2, 0.25) is 11.7 Å². The first-order valence-corrected chi connectivity index (χ1v) is 41.9. The van der Waals surface area contributed by atoms with Gasteiger partial charge in [0.25, 0.3) is 5.91 Å². The number of hydrogen-bond donors (Lipinski definition) is 6. The molecule has 0 radical (unpaired) electrons. The molecule has 10 rings (SSSR count). The molecule has 7 aromatic rings. The summed E-state index contributed by atoms with van der Waals surface area (Å²) < 4.78 is 430. The van der Waals surface area contributed by atoms with Crippen molar-refractivity contribution in [3.05, 3.63) is 182 Å². The maximum atomic E-state index is 14.3. The molecule has 1 amide bonds. The number of aliphatic hydroxyl groups excluding tert-OH is 1. The lowest BCUT2D eigenvalue weighted by Gasteiger charge is -2.36. The van der Waals surface area contributed by atoms with Gasteiger partial charge in [-0.3, -0.25) is 9.59 Å². The number of amides is 1. The van der Waals surface area contributed by atoms with Crippen molar-refractivity contribution in [1.82, 2.24) is 40.8 Å². The summed E-state index contributed by atoms with van der Waals surface area (Å²) in [5, 5.41) is 34.4. The molecule has 6 N–H and O–H groups in total. The number of carbonyl (C=O) groups is 4. The van der Waals surface area contributed by atoms with Gasteiger partial charge in [-0.2, -0.15) is 110 Å². The topological polar surface area (TPSA) is 347 Å². The molecule has 3 aromatic carbocycles. The Morgan fingerprint density at radius 2 is 0.720 bits per heavy atom. The summed E-state index contributed by atoms with van der Waals surface area (Å²) in [6.07, 6.45) is -39.0. The first-order valence-electron chi connectivity index (χ1n) is 35.5. The Hall–Kier alpha value is -10.2. The van der Waals surface area contributed by atoms with E-state index in [-0.39, 0.29) is 82.4 Å². The third-order valence-corrected chi connectivity index (χ3v) is 20.0. The first kappa shape index (κ1) is 120. The van der Waals surface area contributed by atoms with Gasteiger partial charge >= 0.3 is 61.3 Å². The molecule has 4 aromatic heterocycles. The predicted octanol–water partition coefficient (Wildman–Crippen LogP) is 16.3. The first-order chi connectivity index (χ1) is 59.4. The van der Waals surface area contributed by atoms with Crippen molar-refractivity contribution in [2.45, 2.75) is 118 Å². The molecular weight excluding hydrogens is 1970 g/mol. The minimum Gasteiger partial charge on any atom is -0.480 e. The summed E-state index contributed by atoms with van der Waals surface area (Å²) in [7, 11) is -11.0. The van der Waals surface area contributed by atoms with Gasteiger partial charge in [0.1, 0.15) is 34.1 Å². The highest BCUT2D eigenvalue weighted by atomic mass is 35.5. The van der Waals surface area contributed by atoms with E-state index in [4.69, 9.17) is 43.3 Å². The zero-order chi connectivity index (χ0) is 101. The number of benzene rings is 3. The summed E-state index contributed by atoms with van der Waals surface area (Å²) in [5.41, 5.74) is -6.24. The van der Waals surface area contributed by atoms with E-state index >= 15 is 0 Å². The molecule has 3 saturated heterocycles. The second-order valence-corrected chi connectivity index (χ2v) is 33.1. The Morgan fingerprint density at radius 1 is 0.417 bits per heavy atom. The van der Waals surface area contributed by atoms with Crippen LogP contribution in [0.25, 0.3) is 0 Å². The number of piperazine rings is 3. The van der Waals surface area contributed by atoms with Crippen molar-refractivity contribution >= 4 is 88.0 Å². The van der Waals surface area contributed by atoms with Crippen LogP contribution in [0.2, 0.25) is 10.2 Å². The number of pyridine rings is 4. The molecule has 3 fully saturated rings. The Labute approximate surface area is 740 Å². The molecule has 0 unspecified atom stereocenters. The number of sulfone groups is 3. The molecule has 0 spiro atoms. The number of anilines is 2. The zero-order valence-corrected chi connectivity index (χ0v) is 71.3. The largest absolute Gasteiger partial charge is 0.480 e. The lowest BCUT2D eigenvalue weighted by Crippen LogP contribution is -2.49. The number of aromatic nitrogens is 4. The van der Waals surface area contributed by atoms with E-state index in [1.165, 1.54) is 9.80 Å². The van der Waals surface area contributed by atoms with E-state index in [0.717, 1.165) is 119 Å². The van der Waals surface area contributed by atoms with Crippen molar-refractivity contribution in [2.75, 3.05) is 107 Å². The fourth-order valence-corrected chi connectivity index (χ4v) is 11.2. The Kier molecular flexibility index (Phi) is 45.1. The maximum absolute atomic E-state index is 14.3. The van der Waals surface area contributed by atoms with Gasteiger partial charge in [-0.15, -0.1) is 0 Å². The highest BCUT2D eigenvalue weighted by Gasteiger charge is 2.42. The number of nitrogens with zero attached hydrogens (tertiary/aromatic N) is 7. The van der Waals surface area contributed by atoms with Gasteiger partial charge < -0.3 is 55.4 Å². The van der Waals surface area contributed by atoms with Crippen molar-refractivity contribution in [2.24, 2.45) is 0 Å². The molecule has 0 saturated carbocycles. The number of hydrogen-bond acceptors (Lipinski definition) is 22. The average molecular weight is 2050 g/mol. The van der Waals surface area contributed by atoms with Crippen LogP contribution in [-0.2, 0) is 59.0 Å². The van der Waals surface area contributed by atoms with Crippen molar-refractivity contribution in [3.63, 3.8) is 0 Å². The van der Waals surface area contributed by atoms with Crippen molar-refractivity contribution in [1.29, 1.82) is 0 Å². The Bertz CT molecular complexity index is 5280. The van der Waals surface area contributed by atoms with Gasteiger partial charge in [-0.05, 0) is 99.6 Å². The number of halogens is 31. The molecule has 3 aliphatic heterocycles. The minimum atomic E-state index is -4.78. The molecule has 132 heavy (non-hydrogen) atoms. The molecule has 0 bridgehead atoms. The number of rotatable bonds is 12. The number of alkyl halides is 24. The zero-order valence-electron chi connectivity index (χ0n) is 67.3. The van der Waals surface area contributed by atoms with E-state index in [1.807, 2.05) is 0 Å². The van der Waals surface area contributed by atoms with Crippen LogP contribution in [0.5, 0.6) is 11.5 Å². The number of aliphatic hydroxyl groups is 1. The summed E-state index contributed by atoms with van der Waals surface area (Å²) in [6.45, 7) is 9.27. The number of carbonyl (C=O) groups excluding carboxylic acids is 2. The lowest BCUT2D eigenvalue weighted by molar-refractivity contribution is -0.197. The number of carboxylic acid groups (broad SMARTS) is 2. The number of nitrogens with one attached hydrogen (secondary N) is 3. The Balaban J connectivity index is 0.000000788. The van der Waals surface area contributed by atoms with Gasteiger partial charge in [-0.1, -0.05) is 30.6 Å². The molecular formula is C73H75Cl2F29N10O15S3. The van der Waals surface area contributed by atoms with Gasteiger partial charge in [-0.25, -0.2) is 72.3 Å². The molecule has 3 aliphatic rings. The van der Waals surface area contributed by atoms with Crippen LogP contribution in [0, 0.1) is 29.2 Å². The second-order valence-electron chi connectivity index (χ2n) is 26.3. The normalized spacial score (nSPS) is 14.6. The number of ketones is 1. The predicted molar refractivity (Wildman–Crippen MR) is 412 cm³/mol. The number of ether oxygens (including phenoxy) is 2. The van der Waals surface area contributed by atoms with Gasteiger partial charge in [0.05, 0.1) is 53.1 Å². The summed E-state index contributed by atoms with van der Waals surface area (Å²) in [4.78, 5) is 60.2. The van der Waals surface area contributed by atoms with E-state index < -0.39 is 201 Å². The SMILES string of the molecule is C.C1CNCCN1.CC(=O)C(F)(F)F.CS(=O)(=O)c1ccc(F)c(C(=O)O)c1.C[C@H](O)C(F)(F)F.C[C@H](Oc1ccc(S(C)(=O)=O)cc1C(=O)N1CCN(c2ncc(C(F)(F)F)cc2F)CC1)C(F)(F)F.C[C@H](Oc1ccc(S(C)(=O)=O)cc1C(=O)O)C(F)(F)F.FC(F)(F)c1cnc(Cl)c(Cl)c1.Fc1cc(C(F)(F)F)cnc1F.Fc1cc(C(F)(F)F)cnc1N1CCNCC1. The highest BCUT2D eigenvalue weighted by Crippen LogP contribution is 2.38. The number of Topliss-reactive ketones (excluding diaryl/α,β-unsaturated/α-hetero) is 1. The van der Waals surface area contributed by atoms with Crippen molar-refractivity contribution < 1.29 is 197 Å². The maximum Gasteiger partial charge on any atom is 0.449 e. The fourth-order valence-electron chi connectivity index (χ4n) is 8.99. The molecule has 59 heteroatoms. The van der Waals surface area contributed by atoms with Crippen LogP contribution in [0.4, 0.5) is 139 Å². The van der Waals surface area contributed by atoms with Crippen LogP contribution in [0.3, 0.4) is 0 Å². The third-order valence-electron chi connectivity index (χ3n) is 16.0. The third kappa shape index (κ3) is 41.1. The second kappa shape index (κ2) is 49.7. The highest BCUT2D eigenvalue weighted by molar-refractivity contribution is 7.91. The van der Waals surface area contributed by atoms with Gasteiger partial charge in [0, 0.05) is 129 Å². The standard InChI is InChI=1S/C21H20F7N3O4S.C11H11F3O5S.C10H11F4N3.C8H7FO4S.C6H2Cl2F3N.C6H2F5N.C4H10N2.C3H5F3O.C3H3F3O.CH4/c1-12(20(23,24)25)35-17-4-3-14(36(2,33)34)10-15(17)19(32)31-7-5-30(6-8-31)18-16(22)9-13(11-29-18)21(26,27)28;1-6(11(12,13)14)19-9-4-3-7(20(2,17)18)5-8(9)10(15)16;11-8-5-7(10(12,13)14)6-16-9(8)17-3-1-15-2-4-17;1-14(12,13)5-2-3-7(9)6(4-5)8(10)11;2*7-4-1-3(6(9,10)11)2-12-5(4)8;1-2-6-4-3-5-1;2*1-2(7)3(4,5)6;/h3-4,9-12H,5-8H2,1-2H3;3-6H,1-2H3,(H,15,16);5-6,15H,1-4H2;2-4H,1H3,(H,10,11);2*1-2H;5-6H,1-4H2;2,7H,1H3;1H3;1H4/t12-;6-;;;;;;2-;;/m00.....0../s1. The van der Waals surface area contributed by atoms with Crippen LogP contribution in [0.15, 0.2) is 118 Å². The fraction of sp³-hybridized carbons (Fsp3) is 0.425. The molecule has 3 atom stereocenters. The average Bonchev–Trinajstić information content (AvgIpc) is 0.793. The van der Waals surface area contributed by atoms with E-state index in [1.54, 1.807) is 4.90 Å². The number of aromatic carboxylic acids is 2. The molecule has 742 valence electrons. The van der Waals surface area contributed by atoms with Crippen LogP contribution in [0.1, 0.15) is 88.4 Å². The van der Waals surface area contributed by atoms with E-state index in [9.17, 15) is 172 Å².